The first kappa shape index (κ1) is 26.3. The van der Waals surface area contributed by atoms with E-state index in [-0.39, 0.29) is 10.8 Å². The molecule has 0 saturated heterocycles. The van der Waals surface area contributed by atoms with Gasteiger partial charge in [0.15, 0.2) is 5.71 Å². The summed E-state index contributed by atoms with van der Waals surface area (Å²) in [6, 6.07) is 28.6. The van der Waals surface area contributed by atoms with Crippen LogP contribution in [-0.4, -0.2) is 24.4 Å². The summed E-state index contributed by atoms with van der Waals surface area (Å²) in [5.74, 6) is 0. The van der Waals surface area contributed by atoms with Gasteiger partial charge in [-0.05, 0) is 73.1 Å². The summed E-state index contributed by atoms with van der Waals surface area (Å²) in [7, 11) is 4.41. The van der Waals surface area contributed by atoms with E-state index in [2.05, 4.69) is 154 Å². The van der Waals surface area contributed by atoms with E-state index in [1.165, 1.54) is 62.6 Å². The Hall–Kier alpha value is -3.91. The van der Waals surface area contributed by atoms with Gasteiger partial charge in [0.25, 0.3) is 0 Å². The fourth-order valence-corrected chi connectivity index (χ4v) is 7.20. The molecule has 0 spiro atoms. The summed E-state index contributed by atoms with van der Waals surface area (Å²) >= 11 is 0. The van der Waals surface area contributed by atoms with Crippen LogP contribution in [0.15, 0.2) is 120 Å². The molecule has 6 rings (SSSR count). The van der Waals surface area contributed by atoms with Crippen molar-refractivity contribution in [3.63, 3.8) is 0 Å². The van der Waals surface area contributed by atoms with Gasteiger partial charge in [0.1, 0.15) is 7.05 Å². The lowest BCUT2D eigenvalue weighted by Gasteiger charge is -2.25. The largest absolute Gasteiger partial charge is 0.347 e. The molecule has 40 heavy (non-hydrogen) atoms. The van der Waals surface area contributed by atoms with Gasteiger partial charge in [-0.15, -0.1) is 0 Å². The Balaban J connectivity index is 1.44. The number of fused-ring (bicyclic) bond motifs is 2. The first-order valence-electron chi connectivity index (χ1n) is 14.6. The molecule has 0 radical (unpaired) electrons. The zero-order valence-electron chi connectivity index (χ0n) is 24.8. The van der Waals surface area contributed by atoms with E-state index in [1.54, 1.807) is 0 Å². The van der Waals surface area contributed by atoms with Crippen molar-refractivity contribution in [1.82, 2.24) is 0 Å². The van der Waals surface area contributed by atoms with Crippen LogP contribution >= 0.6 is 0 Å². The van der Waals surface area contributed by atoms with E-state index in [0.717, 1.165) is 12.8 Å². The Morgan fingerprint density at radius 3 is 2.12 bits per heavy atom. The van der Waals surface area contributed by atoms with Crippen molar-refractivity contribution in [2.75, 3.05) is 19.0 Å². The lowest BCUT2D eigenvalue weighted by Crippen LogP contribution is -2.26. The predicted molar refractivity (Wildman–Crippen MR) is 171 cm³/mol. The Bertz CT molecular complexity index is 1620. The van der Waals surface area contributed by atoms with E-state index in [4.69, 9.17) is 0 Å². The minimum absolute atomic E-state index is 0.0271. The summed E-state index contributed by atoms with van der Waals surface area (Å²) in [4.78, 5) is 2.37. The molecule has 3 aromatic rings. The predicted octanol–water partition coefficient (Wildman–Crippen LogP) is 9.12. The van der Waals surface area contributed by atoms with Crippen LogP contribution in [0.3, 0.4) is 0 Å². The highest BCUT2D eigenvalue weighted by atomic mass is 15.2. The van der Waals surface area contributed by atoms with Crippen LogP contribution in [0.5, 0.6) is 0 Å². The summed E-state index contributed by atoms with van der Waals surface area (Å²) < 4.78 is 2.37. The summed E-state index contributed by atoms with van der Waals surface area (Å²) in [6.45, 7) is 9.38. The molecule has 2 heteroatoms. The molecular weight excluding hydrogens is 484 g/mol. The number of rotatable bonds is 4. The fourth-order valence-electron chi connectivity index (χ4n) is 7.20. The standard InChI is InChI=1S/C38H41N2/c1-37(2)30-19-10-12-21-32(30)39(5)34(37)25-23-28-17-14-18-29(36(28)27-15-8-7-9-16-27)24-26-35-38(3,4)31-20-11-13-22-33(31)40(35)6/h7-13,15-16,19-26H,14,17-18H2,1-6H3/q+1. The lowest BCUT2D eigenvalue weighted by atomic mass is 9.79. The molecule has 202 valence electrons. The lowest BCUT2D eigenvalue weighted by molar-refractivity contribution is -0.401. The van der Waals surface area contributed by atoms with Crippen LogP contribution in [-0.2, 0) is 10.8 Å². The van der Waals surface area contributed by atoms with Gasteiger partial charge < -0.3 is 4.90 Å². The van der Waals surface area contributed by atoms with Gasteiger partial charge in [-0.2, -0.15) is 4.58 Å². The Labute approximate surface area is 240 Å². The van der Waals surface area contributed by atoms with E-state index in [0.29, 0.717) is 0 Å². The van der Waals surface area contributed by atoms with Crippen molar-refractivity contribution in [2.45, 2.75) is 57.8 Å². The molecule has 0 bridgehead atoms. The van der Waals surface area contributed by atoms with Crippen molar-refractivity contribution >= 4 is 22.7 Å². The van der Waals surface area contributed by atoms with Gasteiger partial charge in [-0.3, -0.25) is 0 Å². The molecule has 3 aromatic carbocycles. The highest BCUT2D eigenvalue weighted by molar-refractivity contribution is 6.03. The number of hydrogen-bond acceptors (Lipinski definition) is 1. The molecule has 0 atom stereocenters. The molecule has 0 unspecified atom stereocenters. The van der Waals surface area contributed by atoms with Crippen molar-refractivity contribution in [3.8, 4) is 0 Å². The molecule has 0 aromatic heterocycles. The molecule has 2 heterocycles. The zero-order valence-corrected chi connectivity index (χ0v) is 24.8. The molecule has 0 N–H and O–H groups in total. The molecule has 0 fully saturated rings. The molecular formula is C38H41N2+. The number of hydrogen-bond donors (Lipinski definition) is 0. The van der Waals surface area contributed by atoms with Crippen molar-refractivity contribution < 1.29 is 4.58 Å². The first-order chi connectivity index (χ1) is 19.2. The van der Waals surface area contributed by atoms with Crippen LogP contribution in [0.1, 0.15) is 63.6 Å². The van der Waals surface area contributed by atoms with Gasteiger partial charge in [-0.1, -0.05) is 92.7 Å². The maximum Gasteiger partial charge on any atom is 0.209 e. The highest BCUT2D eigenvalue weighted by Crippen LogP contribution is 2.47. The Kier molecular flexibility index (Phi) is 6.53. The maximum atomic E-state index is 2.41. The van der Waals surface area contributed by atoms with Crippen molar-refractivity contribution in [2.24, 2.45) is 0 Å². The fraction of sp³-hybridized carbons (Fsp3) is 0.289. The third kappa shape index (κ3) is 4.22. The maximum absolute atomic E-state index is 2.41. The van der Waals surface area contributed by atoms with E-state index in [1.807, 2.05) is 0 Å². The van der Waals surface area contributed by atoms with Gasteiger partial charge in [0.05, 0.1) is 5.41 Å². The first-order valence-corrected chi connectivity index (χ1v) is 14.6. The van der Waals surface area contributed by atoms with Crippen LogP contribution in [0.2, 0.25) is 0 Å². The monoisotopic (exact) mass is 525 g/mol. The Morgan fingerprint density at radius 1 is 0.725 bits per heavy atom. The number of likely N-dealkylation sites (N-methyl/N-ethyl adjacent to an activating group) is 1. The van der Waals surface area contributed by atoms with Crippen LogP contribution in [0.25, 0.3) is 5.57 Å². The van der Waals surface area contributed by atoms with E-state index < -0.39 is 0 Å². The van der Waals surface area contributed by atoms with Crippen molar-refractivity contribution in [1.29, 1.82) is 0 Å². The normalized spacial score (nSPS) is 21.6. The topological polar surface area (TPSA) is 6.25 Å². The second-order valence-electron chi connectivity index (χ2n) is 12.5. The van der Waals surface area contributed by atoms with Gasteiger partial charge in [0, 0.05) is 41.6 Å². The number of anilines is 1. The van der Waals surface area contributed by atoms with E-state index in [9.17, 15) is 0 Å². The van der Waals surface area contributed by atoms with Crippen LogP contribution < -0.4 is 4.90 Å². The second kappa shape index (κ2) is 9.93. The zero-order chi connectivity index (χ0) is 28.1. The number of nitrogens with zero attached hydrogens (tertiary/aromatic N) is 2. The average molecular weight is 526 g/mol. The summed E-state index contributed by atoms with van der Waals surface area (Å²) in [6.07, 6.45) is 12.9. The molecule has 2 aliphatic heterocycles. The average Bonchev–Trinajstić information content (AvgIpc) is 3.28. The minimum atomic E-state index is -0.0271. The SMILES string of the molecule is CN1/C(=C\C=C2/CCCC(/C=C/C3=[N+](C)c4ccccc4C3(C)C)=C2c2ccccc2)C(C)(C)c2ccccc21. The summed E-state index contributed by atoms with van der Waals surface area (Å²) in [5, 5.41) is 0. The van der Waals surface area contributed by atoms with Gasteiger partial charge in [-0.25, -0.2) is 0 Å². The third-order valence-electron chi connectivity index (χ3n) is 9.36. The molecule has 2 nitrogen and oxygen atoms in total. The number of para-hydroxylation sites is 2. The van der Waals surface area contributed by atoms with Gasteiger partial charge in [0.2, 0.25) is 5.69 Å². The van der Waals surface area contributed by atoms with Crippen LogP contribution in [0, 0.1) is 0 Å². The quantitative estimate of drug-likeness (QED) is 0.308. The number of allylic oxidation sites excluding steroid dienone is 8. The highest BCUT2D eigenvalue weighted by Gasteiger charge is 2.42. The number of benzene rings is 3. The smallest absolute Gasteiger partial charge is 0.209 e. The Morgan fingerprint density at radius 2 is 1.40 bits per heavy atom. The molecule has 0 amide bonds. The second-order valence-corrected chi connectivity index (χ2v) is 12.5. The molecule has 3 aliphatic rings. The molecule has 1 aliphatic carbocycles. The van der Waals surface area contributed by atoms with Crippen molar-refractivity contribution in [3.05, 3.63) is 137 Å². The van der Waals surface area contributed by atoms with Gasteiger partial charge >= 0.3 is 0 Å². The third-order valence-corrected chi connectivity index (χ3v) is 9.36. The van der Waals surface area contributed by atoms with E-state index >= 15 is 0 Å². The molecule has 0 saturated carbocycles. The summed E-state index contributed by atoms with van der Waals surface area (Å²) in [5.41, 5.74) is 13.6. The minimum Gasteiger partial charge on any atom is -0.347 e. The van der Waals surface area contributed by atoms with Crippen LogP contribution in [0.4, 0.5) is 11.4 Å².